The summed E-state index contributed by atoms with van der Waals surface area (Å²) in [6, 6.07) is 8.15. The summed E-state index contributed by atoms with van der Waals surface area (Å²) in [6.45, 7) is 8.94. The number of carbonyl (C=O) groups excluding carboxylic acids is 1. The molecule has 1 aliphatic heterocycles. The lowest BCUT2D eigenvalue weighted by Crippen LogP contribution is -2.29. The summed E-state index contributed by atoms with van der Waals surface area (Å²) in [5, 5.41) is 3.01. The molecule has 4 nitrogen and oxygen atoms in total. The molecule has 1 N–H and O–H groups in total. The maximum atomic E-state index is 12.6. The van der Waals surface area contributed by atoms with E-state index in [9.17, 15) is 4.79 Å². The van der Waals surface area contributed by atoms with E-state index in [0.717, 1.165) is 23.6 Å². The molecule has 0 saturated carbocycles. The molecule has 128 valence electrons. The van der Waals surface area contributed by atoms with E-state index < -0.39 is 0 Å². The van der Waals surface area contributed by atoms with Crippen molar-refractivity contribution < 1.29 is 9.21 Å². The maximum Gasteiger partial charge on any atom is 0.259 e. The van der Waals surface area contributed by atoms with E-state index in [1.165, 1.54) is 37.9 Å². The zero-order chi connectivity index (χ0) is 17.1. The van der Waals surface area contributed by atoms with Gasteiger partial charge in [-0.25, -0.2) is 0 Å². The molecular formula is C20H26N2O2. The molecule has 1 aliphatic rings. The summed E-state index contributed by atoms with van der Waals surface area (Å²) in [6.07, 6.45) is 3.92. The predicted molar refractivity (Wildman–Crippen MR) is 96.4 cm³/mol. The van der Waals surface area contributed by atoms with Crippen LogP contribution in [0.1, 0.15) is 52.3 Å². The third-order valence-corrected chi connectivity index (χ3v) is 4.83. The number of hydrogen-bond acceptors (Lipinski definition) is 3. The zero-order valence-corrected chi connectivity index (χ0v) is 14.8. The van der Waals surface area contributed by atoms with Gasteiger partial charge >= 0.3 is 0 Å². The van der Waals surface area contributed by atoms with Crippen LogP contribution in [-0.4, -0.2) is 23.9 Å². The molecule has 0 unspecified atom stereocenters. The molecule has 0 atom stereocenters. The molecule has 1 amide bonds. The summed E-state index contributed by atoms with van der Waals surface area (Å²) >= 11 is 0. The Hall–Kier alpha value is -2.07. The number of nitrogens with zero attached hydrogens (tertiary/aromatic N) is 1. The van der Waals surface area contributed by atoms with Crippen molar-refractivity contribution in [2.24, 2.45) is 0 Å². The Morgan fingerprint density at radius 1 is 1.12 bits per heavy atom. The molecule has 1 aromatic carbocycles. The van der Waals surface area contributed by atoms with Crippen molar-refractivity contribution in [2.45, 2.75) is 46.6 Å². The summed E-state index contributed by atoms with van der Waals surface area (Å²) < 4.78 is 5.56. The Labute approximate surface area is 143 Å². The van der Waals surface area contributed by atoms with Crippen molar-refractivity contribution in [1.29, 1.82) is 0 Å². The van der Waals surface area contributed by atoms with E-state index >= 15 is 0 Å². The third kappa shape index (κ3) is 3.70. The quantitative estimate of drug-likeness (QED) is 0.903. The van der Waals surface area contributed by atoms with Crippen LogP contribution in [0.5, 0.6) is 0 Å². The minimum absolute atomic E-state index is 0.100. The van der Waals surface area contributed by atoms with Crippen molar-refractivity contribution in [3.8, 4) is 0 Å². The fraction of sp³-hybridized carbons (Fsp3) is 0.450. The van der Waals surface area contributed by atoms with Gasteiger partial charge in [0.05, 0.1) is 5.56 Å². The Morgan fingerprint density at radius 3 is 2.54 bits per heavy atom. The van der Waals surface area contributed by atoms with Gasteiger partial charge in [-0.05, 0) is 64.4 Å². The lowest BCUT2D eigenvalue weighted by molar-refractivity contribution is 0.102. The van der Waals surface area contributed by atoms with Crippen molar-refractivity contribution in [3.63, 3.8) is 0 Å². The average molecular weight is 326 g/mol. The standard InChI is InChI=1S/C20H26N2O2/c1-14-15(2)24-16(3)19(14)20(23)21-18-9-7-8-17(12-18)13-22-10-5-4-6-11-22/h7-9,12H,4-6,10-11,13H2,1-3H3,(H,21,23). The summed E-state index contributed by atoms with van der Waals surface area (Å²) in [5.74, 6) is 1.38. The number of nitrogens with one attached hydrogen (secondary N) is 1. The Morgan fingerprint density at radius 2 is 1.88 bits per heavy atom. The van der Waals surface area contributed by atoms with Crippen LogP contribution in [-0.2, 0) is 6.54 Å². The number of furan rings is 1. The number of likely N-dealkylation sites (tertiary alicyclic amines) is 1. The van der Waals surface area contributed by atoms with E-state index in [0.29, 0.717) is 11.3 Å². The monoisotopic (exact) mass is 326 g/mol. The summed E-state index contributed by atoms with van der Waals surface area (Å²) in [5.41, 5.74) is 3.64. The van der Waals surface area contributed by atoms with Gasteiger partial charge in [-0.2, -0.15) is 0 Å². The number of piperidine rings is 1. The molecule has 1 saturated heterocycles. The highest BCUT2D eigenvalue weighted by molar-refractivity contribution is 6.06. The topological polar surface area (TPSA) is 45.5 Å². The first-order chi connectivity index (χ1) is 11.5. The van der Waals surface area contributed by atoms with Crippen LogP contribution < -0.4 is 5.32 Å². The second kappa shape index (κ2) is 7.22. The van der Waals surface area contributed by atoms with Crippen LogP contribution >= 0.6 is 0 Å². The molecule has 0 bridgehead atoms. The Balaban J connectivity index is 1.71. The van der Waals surface area contributed by atoms with Gasteiger partial charge in [0.2, 0.25) is 0 Å². The van der Waals surface area contributed by atoms with Crippen LogP contribution in [0.4, 0.5) is 5.69 Å². The largest absolute Gasteiger partial charge is 0.466 e. The van der Waals surface area contributed by atoms with Crippen LogP contribution in [0.15, 0.2) is 28.7 Å². The first-order valence-electron chi connectivity index (χ1n) is 8.74. The van der Waals surface area contributed by atoms with E-state index in [2.05, 4.69) is 22.3 Å². The third-order valence-electron chi connectivity index (χ3n) is 4.83. The average Bonchev–Trinajstić information content (AvgIpc) is 2.81. The van der Waals surface area contributed by atoms with Gasteiger partial charge in [0.15, 0.2) is 0 Å². The lowest BCUT2D eigenvalue weighted by atomic mass is 10.1. The molecule has 2 aromatic rings. The van der Waals surface area contributed by atoms with Crippen LogP contribution in [0.2, 0.25) is 0 Å². The highest BCUT2D eigenvalue weighted by atomic mass is 16.3. The second-order valence-electron chi connectivity index (χ2n) is 6.71. The number of carbonyl (C=O) groups is 1. The predicted octanol–water partition coefficient (Wildman–Crippen LogP) is 4.44. The molecule has 1 aromatic heterocycles. The minimum atomic E-state index is -0.100. The Kier molecular flexibility index (Phi) is 5.05. The molecule has 2 heterocycles. The number of hydrogen-bond donors (Lipinski definition) is 1. The lowest BCUT2D eigenvalue weighted by Gasteiger charge is -2.26. The SMILES string of the molecule is Cc1oc(C)c(C(=O)Nc2cccc(CN3CCCCC3)c2)c1C. The van der Waals surface area contributed by atoms with Gasteiger partial charge < -0.3 is 9.73 Å². The van der Waals surface area contributed by atoms with Crippen molar-refractivity contribution in [2.75, 3.05) is 18.4 Å². The highest BCUT2D eigenvalue weighted by Gasteiger charge is 2.18. The van der Waals surface area contributed by atoms with Crippen LogP contribution in [0, 0.1) is 20.8 Å². The van der Waals surface area contributed by atoms with Crippen LogP contribution in [0.25, 0.3) is 0 Å². The Bertz CT molecular complexity index is 727. The molecule has 1 fully saturated rings. The van der Waals surface area contributed by atoms with Gasteiger partial charge in [0.1, 0.15) is 11.5 Å². The fourth-order valence-corrected chi connectivity index (χ4v) is 3.44. The van der Waals surface area contributed by atoms with Gasteiger partial charge in [-0.15, -0.1) is 0 Å². The van der Waals surface area contributed by atoms with Crippen LogP contribution in [0.3, 0.4) is 0 Å². The second-order valence-corrected chi connectivity index (χ2v) is 6.71. The molecular weight excluding hydrogens is 300 g/mol. The van der Waals surface area contributed by atoms with Crippen molar-refractivity contribution >= 4 is 11.6 Å². The van der Waals surface area contributed by atoms with Gasteiger partial charge in [0, 0.05) is 17.8 Å². The molecule has 0 spiro atoms. The van der Waals surface area contributed by atoms with E-state index in [4.69, 9.17) is 4.42 Å². The van der Waals surface area contributed by atoms with Gasteiger partial charge in [-0.1, -0.05) is 18.6 Å². The van der Waals surface area contributed by atoms with Gasteiger partial charge in [0.25, 0.3) is 5.91 Å². The number of anilines is 1. The first kappa shape index (κ1) is 16.8. The molecule has 0 radical (unpaired) electrons. The molecule has 3 rings (SSSR count). The zero-order valence-electron chi connectivity index (χ0n) is 14.8. The molecule has 0 aliphatic carbocycles. The van der Waals surface area contributed by atoms with Crippen molar-refractivity contribution in [1.82, 2.24) is 4.90 Å². The normalized spacial score (nSPS) is 15.5. The smallest absolute Gasteiger partial charge is 0.259 e. The first-order valence-corrected chi connectivity index (χ1v) is 8.74. The van der Waals surface area contributed by atoms with E-state index in [1.807, 2.05) is 32.9 Å². The van der Waals surface area contributed by atoms with E-state index in [-0.39, 0.29) is 5.91 Å². The van der Waals surface area contributed by atoms with Gasteiger partial charge in [-0.3, -0.25) is 9.69 Å². The minimum Gasteiger partial charge on any atom is -0.466 e. The van der Waals surface area contributed by atoms with E-state index in [1.54, 1.807) is 0 Å². The fourth-order valence-electron chi connectivity index (χ4n) is 3.44. The maximum absolute atomic E-state index is 12.6. The number of aryl methyl sites for hydroxylation is 2. The molecule has 4 heteroatoms. The number of rotatable bonds is 4. The number of amides is 1. The summed E-state index contributed by atoms with van der Waals surface area (Å²) in [4.78, 5) is 15.1. The molecule has 24 heavy (non-hydrogen) atoms. The highest BCUT2D eigenvalue weighted by Crippen LogP contribution is 2.22. The number of benzene rings is 1. The summed E-state index contributed by atoms with van der Waals surface area (Å²) in [7, 11) is 0. The van der Waals surface area contributed by atoms with Crippen molar-refractivity contribution in [3.05, 3.63) is 52.5 Å².